The minimum absolute atomic E-state index is 0.0274. The van der Waals surface area contributed by atoms with Crippen molar-refractivity contribution in [2.45, 2.75) is 30.7 Å². The second-order valence-electron chi connectivity index (χ2n) is 4.46. The first kappa shape index (κ1) is 17.7. The van der Waals surface area contributed by atoms with Crippen LogP contribution >= 0.6 is 0 Å². The van der Waals surface area contributed by atoms with Crippen LogP contribution in [0, 0.1) is 0 Å². The molecule has 0 amide bonds. The number of alkyl halides is 3. The Morgan fingerprint density at radius 1 is 1.33 bits per heavy atom. The Morgan fingerprint density at radius 2 is 1.90 bits per heavy atom. The Balaban J connectivity index is 3.08. The molecule has 0 heterocycles. The van der Waals surface area contributed by atoms with Crippen molar-refractivity contribution < 1.29 is 31.4 Å². The zero-order valence-electron chi connectivity index (χ0n) is 11.5. The van der Waals surface area contributed by atoms with Crippen molar-refractivity contribution in [1.29, 1.82) is 0 Å². The molecule has 120 valence electrons. The average molecular weight is 327 g/mol. The van der Waals surface area contributed by atoms with Crippen LogP contribution in [-0.4, -0.2) is 43.9 Å². The molecular formula is C12H16F3NO4S. The standard InChI is InChI=1S/C12H16F3NO4S/c1-9(17)7-8-16(2)21(18,19)11-6-4-3-5-10(11)20-12(13,14)15/h3-6,9,17H,7-8H2,1-2H3. The SMILES string of the molecule is CC(O)CCN(C)S(=O)(=O)c1ccccc1OC(F)(F)F. The van der Waals surface area contributed by atoms with Crippen molar-refractivity contribution >= 4 is 10.0 Å². The van der Waals surface area contributed by atoms with E-state index in [1.54, 1.807) is 0 Å². The molecule has 0 radical (unpaired) electrons. The van der Waals surface area contributed by atoms with Crippen LogP contribution in [0.4, 0.5) is 13.2 Å². The van der Waals surface area contributed by atoms with E-state index in [0.717, 1.165) is 16.4 Å². The maximum atomic E-state index is 12.3. The van der Waals surface area contributed by atoms with Gasteiger partial charge in [0.25, 0.3) is 0 Å². The van der Waals surface area contributed by atoms with Gasteiger partial charge in [0.2, 0.25) is 10.0 Å². The molecule has 0 spiro atoms. The highest BCUT2D eigenvalue weighted by molar-refractivity contribution is 7.89. The van der Waals surface area contributed by atoms with Gasteiger partial charge in [0.05, 0.1) is 6.10 Å². The minimum atomic E-state index is -4.98. The zero-order valence-corrected chi connectivity index (χ0v) is 12.3. The monoisotopic (exact) mass is 327 g/mol. The molecule has 0 aromatic heterocycles. The third kappa shape index (κ3) is 5.18. The van der Waals surface area contributed by atoms with Gasteiger partial charge in [0.15, 0.2) is 0 Å². The van der Waals surface area contributed by atoms with E-state index in [1.807, 2.05) is 0 Å². The molecule has 5 nitrogen and oxygen atoms in total. The Bertz CT molecular complexity index is 572. The van der Waals surface area contributed by atoms with E-state index in [-0.39, 0.29) is 13.0 Å². The van der Waals surface area contributed by atoms with Gasteiger partial charge in [0, 0.05) is 13.6 Å². The number of aliphatic hydroxyl groups excluding tert-OH is 1. The van der Waals surface area contributed by atoms with Gasteiger partial charge in [-0.2, -0.15) is 0 Å². The molecular weight excluding hydrogens is 311 g/mol. The summed E-state index contributed by atoms with van der Waals surface area (Å²) in [5, 5.41) is 9.15. The summed E-state index contributed by atoms with van der Waals surface area (Å²) < 4.78 is 66.0. The van der Waals surface area contributed by atoms with Crippen LogP contribution in [0.15, 0.2) is 29.2 Å². The fourth-order valence-electron chi connectivity index (χ4n) is 1.53. The Morgan fingerprint density at radius 3 is 2.43 bits per heavy atom. The molecule has 1 aromatic rings. The predicted octanol–water partition coefficient (Wildman–Crippen LogP) is 1.98. The lowest BCUT2D eigenvalue weighted by molar-refractivity contribution is -0.275. The fraction of sp³-hybridized carbons (Fsp3) is 0.500. The maximum Gasteiger partial charge on any atom is 0.573 e. The van der Waals surface area contributed by atoms with E-state index in [9.17, 15) is 21.6 Å². The zero-order chi connectivity index (χ0) is 16.3. The van der Waals surface area contributed by atoms with E-state index in [0.29, 0.717) is 0 Å². The molecule has 1 unspecified atom stereocenters. The number of halogens is 3. The summed E-state index contributed by atoms with van der Waals surface area (Å²) >= 11 is 0. The third-order valence-electron chi connectivity index (χ3n) is 2.62. The number of nitrogens with zero attached hydrogens (tertiary/aromatic N) is 1. The molecule has 0 saturated carbocycles. The number of sulfonamides is 1. The van der Waals surface area contributed by atoms with Crippen molar-refractivity contribution in [1.82, 2.24) is 4.31 Å². The number of rotatable bonds is 6. The molecule has 21 heavy (non-hydrogen) atoms. The summed E-state index contributed by atoms with van der Waals surface area (Å²) in [4.78, 5) is -0.574. The lowest BCUT2D eigenvalue weighted by Crippen LogP contribution is -2.30. The van der Waals surface area contributed by atoms with Gasteiger partial charge in [-0.25, -0.2) is 12.7 Å². The van der Waals surface area contributed by atoms with Gasteiger partial charge in [-0.1, -0.05) is 12.1 Å². The predicted molar refractivity (Wildman–Crippen MR) is 69.2 cm³/mol. The molecule has 0 bridgehead atoms. The first-order chi connectivity index (χ1) is 9.54. The summed E-state index contributed by atoms with van der Waals surface area (Å²) in [6, 6.07) is 4.52. The van der Waals surface area contributed by atoms with Crippen LogP contribution in [0.5, 0.6) is 5.75 Å². The smallest absolute Gasteiger partial charge is 0.404 e. The summed E-state index contributed by atoms with van der Waals surface area (Å²) in [6.07, 6.45) is -5.54. The van der Waals surface area contributed by atoms with Crippen LogP contribution in [-0.2, 0) is 10.0 Å². The van der Waals surface area contributed by atoms with E-state index < -0.39 is 33.1 Å². The minimum Gasteiger partial charge on any atom is -0.404 e. The van der Waals surface area contributed by atoms with Crippen molar-refractivity contribution in [2.24, 2.45) is 0 Å². The highest BCUT2D eigenvalue weighted by Crippen LogP contribution is 2.30. The molecule has 0 fully saturated rings. The lowest BCUT2D eigenvalue weighted by Gasteiger charge is -2.20. The molecule has 1 atom stereocenters. The van der Waals surface area contributed by atoms with Crippen molar-refractivity contribution in [3.05, 3.63) is 24.3 Å². The normalized spacial score (nSPS) is 14.2. The first-order valence-electron chi connectivity index (χ1n) is 6.03. The van der Waals surface area contributed by atoms with Crippen LogP contribution < -0.4 is 4.74 Å². The molecule has 9 heteroatoms. The quantitative estimate of drug-likeness (QED) is 0.867. The number of hydrogen-bond acceptors (Lipinski definition) is 4. The highest BCUT2D eigenvalue weighted by atomic mass is 32.2. The second-order valence-corrected chi connectivity index (χ2v) is 6.47. The Kier molecular flexibility index (Phi) is 5.60. The summed E-state index contributed by atoms with van der Waals surface area (Å²) in [6.45, 7) is 1.46. The summed E-state index contributed by atoms with van der Waals surface area (Å²) in [5.74, 6) is -0.783. The van der Waals surface area contributed by atoms with Gasteiger partial charge in [0.1, 0.15) is 10.6 Å². The molecule has 1 aromatic carbocycles. The van der Waals surface area contributed by atoms with Crippen LogP contribution in [0.2, 0.25) is 0 Å². The van der Waals surface area contributed by atoms with Crippen LogP contribution in [0.25, 0.3) is 0 Å². The highest BCUT2D eigenvalue weighted by Gasteiger charge is 2.34. The Labute approximate surface area is 121 Å². The first-order valence-corrected chi connectivity index (χ1v) is 7.47. The van der Waals surface area contributed by atoms with Crippen molar-refractivity contribution in [3.8, 4) is 5.75 Å². The third-order valence-corrected chi connectivity index (χ3v) is 4.52. The molecule has 0 aliphatic rings. The van der Waals surface area contributed by atoms with E-state index in [1.165, 1.54) is 26.1 Å². The summed E-state index contributed by atoms with van der Waals surface area (Å²) in [7, 11) is -2.92. The van der Waals surface area contributed by atoms with E-state index in [2.05, 4.69) is 4.74 Å². The average Bonchev–Trinajstić information content (AvgIpc) is 2.34. The van der Waals surface area contributed by atoms with Crippen molar-refractivity contribution in [2.75, 3.05) is 13.6 Å². The van der Waals surface area contributed by atoms with E-state index in [4.69, 9.17) is 5.11 Å². The number of hydrogen-bond donors (Lipinski definition) is 1. The van der Waals surface area contributed by atoms with Gasteiger partial charge in [-0.3, -0.25) is 0 Å². The van der Waals surface area contributed by atoms with Crippen molar-refractivity contribution in [3.63, 3.8) is 0 Å². The summed E-state index contributed by atoms with van der Waals surface area (Å²) in [5.41, 5.74) is 0. The van der Waals surface area contributed by atoms with Crippen LogP contribution in [0.3, 0.4) is 0 Å². The number of para-hydroxylation sites is 1. The number of benzene rings is 1. The topological polar surface area (TPSA) is 66.8 Å². The molecule has 0 aliphatic heterocycles. The van der Waals surface area contributed by atoms with Crippen LogP contribution in [0.1, 0.15) is 13.3 Å². The largest absolute Gasteiger partial charge is 0.573 e. The van der Waals surface area contributed by atoms with Gasteiger partial charge < -0.3 is 9.84 Å². The molecule has 1 rings (SSSR count). The number of aliphatic hydroxyl groups is 1. The molecule has 0 aliphatic carbocycles. The Hall–Kier alpha value is -1.32. The van der Waals surface area contributed by atoms with Gasteiger partial charge >= 0.3 is 6.36 Å². The molecule has 0 saturated heterocycles. The van der Waals surface area contributed by atoms with Gasteiger partial charge in [-0.15, -0.1) is 13.2 Å². The van der Waals surface area contributed by atoms with Gasteiger partial charge in [-0.05, 0) is 25.5 Å². The maximum absolute atomic E-state index is 12.3. The molecule has 1 N–H and O–H groups in total. The second kappa shape index (κ2) is 6.63. The van der Waals surface area contributed by atoms with E-state index >= 15 is 0 Å². The lowest BCUT2D eigenvalue weighted by atomic mass is 10.3. The fourth-order valence-corrected chi connectivity index (χ4v) is 2.83. The number of ether oxygens (including phenoxy) is 1.